The fourth-order valence-electron chi connectivity index (χ4n) is 2.55. The van der Waals surface area contributed by atoms with Crippen molar-refractivity contribution in [1.82, 2.24) is 15.2 Å². The van der Waals surface area contributed by atoms with Crippen molar-refractivity contribution >= 4 is 17.2 Å². The van der Waals surface area contributed by atoms with Gasteiger partial charge in [0.15, 0.2) is 0 Å². The summed E-state index contributed by atoms with van der Waals surface area (Å²) in [5.41, 5.74) is 1.61. The van der Waals surface area contributed by atoms with Crippen molar-refractivity contribution in [2.75, 3.05) is 26.3 Å². The van der Waals surface area contributed by atoms with Crippen LogP contribution in [0.15, 0.2) is 24.3 Å². The van der Waals surface area contributed by atoms with Crippen LogP contribution in [-0.2, 0) is 17.8 Å². The van der Waals surface area contributed by atoms with E-state index in [1.54, 1.807) is 12.1 Å². The predicted octanol–water partition coefficient (Wildman–Crippen LogP) is 2.35. The van der Waals surface area contributed by atoms with Crippen LogP contribution in [0.4, 0.5) is 4.39 Å². The molecule has 5 nitrogen and oxygen atoms in total. The lowest BCUT2D eigenvalue weighted by Crippen LogP contribution is -2.35. The van der Waals surface area contributed by atoms with Gasteiger partial charge in [0, 0.05) is 19.6 Å². The SMILES string of the molecule is Cc1nc(CN2CCOCC2)sc1C(=O)NCc1ccc(F)cc1. The highest BCUT2D eigenvalue weighted by Crippen LogP contribution is 2.20. The maximum atomic E-state index is 12.9. The number of rotatable bonds is 5. The molecule has 2 aromatic rings. The highest BCUT2D eigenvalue weighted by atomic mass is 32.1. The number of carbonyl (C=O) groups is 1. The van der Waals surface area contributed by atoms with Crippen LogP contribution in [0.25, 0.3) is 0 Å². The molecule has 1 aromatic heterocycles. The van der Waals surface area contributed by atoms with Crippen LogP contribution < -0.4 is 5.32 Å². The maximum absolute atomic E-state index is 12.9. The minimum atomic E-state index is -0.281. The van der Waals surface area contributed by atoms with Crippen LogP contribution in [0.2, 0.25) is 0 Å². The average molecular weight is 349 g/mol. The molecule has 0 bridgehead atoms. The fourth-order valence-corrected chi connectivity index (χ4v) is 3.57. The molecular weight excluding hydrogens is 329 g/mol. The molecule has 1 aliphatic heterocycles. The second-order valence-corrected chi connectivity index (χ2v) is 6.80. The van der Waals surface area contributed by atoms with Gasteiger partial charge in [-0.15, -0.1) is 11.3 Å². The lowest BCUT2D eigenvalue weighted by atomic mass is 10.2. The third kappa shape index (κ3) is 4.37. The van der Waals surface area contributed by atoms with Crippen molar-refractivity contribution < 1.29 is 13.9 Å². The van der Waals surface area contributed by atoms with E-state index in [0.29, 0.717) is 11.4 Å². The lowest BCUT2D eigenvalue weighted by molar-refractivity contribution is 0.0341. The number of aromatic nitrogens is 1. The van der Waals surface area contributed by atoms with E-state index in [1.807, 2.05) is 6.92 Å². The molecule has 1 fully saturated rings. The number of amides is 1. The molecule has 3 rings (SSSR count). The Kier molecular flexibility index (Phi) is 5.55. The lowest BCUT2D eigenvalue weighted by Gasteiger charge is -2.25. The first-order valence-corrected chi connectivity index (χ1v) is 8.72. The van der Waals surface area contributed by atoms with Crippen LogP contribution in [0.3, 0.4) is 0 Å². The molecule has 0 spiro atoms. The average Bonchev–Trinajstić information content (AvgIpc) is 2.95. The Labute approximate surface area is 144 Å². The van der Waals surface area contributed by atoms with E-state index in [2.05, 4.69) is 15.2 Å². The Morgan fingerprint density at radius 3 is 2.75 bits per heavy atom. The number of carbonyl (C=O) groups excluding carboxylic acids is 1. The first-order valence-electron chi connectivity index (χ1n) is 7.91. The van der Waals surface area contributed by atoms with Crippen LogP contribution in [-0.4, -0.2) is 42.1 Å². The van der Waals surface area contributed by atoms with Gasteiger partial charge in [0.2, 0.25) is 0 Å². The molecule has 128 valence electrons. The molecule has 0 saturated carbocycles. The summed E-state index contributed by atoms with van der Waals surface area (Å²) in [5, 5.41) is 3.81. The zero-order valence-corrected chi connectivity index (χ0v) is 14.4. The van der Waals surface area contributed by atoms with Crippen molar-refractivity contribution in [1.29, 1.82) is 0 Å². The van der Waals surface area contributed by atoms with Crippen molar-refractivity contribution in [3.05, 3.63) is 51.2 Å². The van der Waals surface area contributed by atoms with E-state index in [0.717, 1.165) is 49.1 Å². The second-order valence-electron chi connectivity index (χ2n) is 5.72. The molecule has 0 aliphatic carbocycles. The Hall–Kier alpha value is -1.83. The molecule has 0 unspecified atom stereocenters. The normalized spacial score (nSPS) is 15.4. The van der Waals surface area contributed by atoms with Gasteiger partial charge >= 0.3 is 0 Å². The van der Waals surface area contributed by atoms with E-state index in [1.165, 1.54) is 23.5 Å². The molecule has 1 saturated heterocycles. The molecule has 0 radical (unpaired) electrons. The standard InChI is InChI=1S/C17H20FN3O2S/c1-12-16(17(22)19-10-13-2-4-14(18)5-3-13)24-15(20-12)11-21-6-8-23-9-7-21/h2-5H,6-11H2,1H3,(H,19,22). The summed E-state index contributed by atoms with van der Waals surface area (Å²) in [7, 11) is 0. The summed E-state index contributed by atoms with van der Waals surface area (Å²) in [6.07, 6.45) is 0. The van der Waals surface area contributed by atoms with E-state index in [4.69, 9.17) is 4.74 Å². The van der Waals surface area contributed by atoms with E-state index in [9.17, 15) is 9.18 Å². The largest absolute Gasteiger partial charge is 0.379 e. The summed E-state index contributed by atoms with van der Waals surface area (Å²) >= 11 is 1.43. The van der Waals surface area contributed by atoms with Gasteiger partial charge in [-0.3, -0.25) is 9.69 Å². The van der Waals surface area contributed by atoms with E-state index in [-0.39, 0.29) is 11.7 Å². The van der Waals surface area contributed by atoms with E-state index < -0.39 is 0 Å². The van der Waals surface area contributed by atoms with Crippen LogP contribution in [0.1, 0.15) is 25.9 Å². The first kappa shape index (κ1) is 17.0. The molecular formula is C17H20FN3O2S. The number of nitrogens with zero attached hydrogens (tertiary/aromatic N) is 2. The molecule has 0 atom stereocenters. The number of ether oxygens (including phenoxy) is 1. The van der Waals surface area contributed by atoms with Crippen molar-refractivity contribution in [3.8, 4) is 0 Å². The minimum absolute atomic E-state index is 0.137. The Bertz CT molecular complexity index is 696. The Morgan fingerprint density at radius 2 is 2.04 bits per heavy atom. The number of thiazole rings is 1. The maximum Gasteiger partial charge on any atom is 0.263 e. The first-order chi connectivity index (χ1) is 11.6. The van der Waals surface area contributed by atoms with Crippen molar-refractivity contribution in [2.45, 2.75) is 20.0 Å². The second kappa shape index (κ2) is 7.83. The van der Waals surface area contributed by atoms with E-state index >= 15 is 0 Å². The van der Waals surface area contributed by atoms with Crippen LogP contribution in [0.5, 0.6) is 0 Å². The summed E-state index contributed by atoms with van der Waals surface area (Å²) in [6.45, 7) is 6.25. The van der Waals surface area contributed by atoms with Crippen LogP contribution in [0, 0.1) is 12.7 Å². The molecule has 2 heterocycles. The summed E-state index contributed by atoms with van der Waals surface area (Å²) in [5.74, 6) is -0.418. The number of morpholine rings is 1. The monoisotopic (exact) mass is 349 g/mol. The smallest absolute Gasteiger partial charge is 0.263 e. The van der Waals surface area contributed by atoms with Gasteiger partial charge in [-0.25, -0.2) is 9.37 Å². The zero-order chi connectivity index (χ0) is 16.9. The highest BCUT2D eigenvalue weighted by Gasteiger charge is 2.18. The number of nitrogens with one attached hydrogen (secondary N) is 1. The molecule has 1 aromatic carbocycles. The summed E-state index contributed by atoms with van der Waals surface area (Å²) in [4.78, 5) is 19.8. The Balaban J connectivity index is 1.59. The van der Waals surface area contributed by atoms with Crippen molar-refractivity contribution in [3.63, 3.8) is 0 Å². The van der Waals surface area contributed by atoms with Crippen molar-refractivity contribution in [2.24, 2.45) is 0 Å². The Morgan fingerprint density at radius 1 is 1.33 bits per heavy atom. The van der Waals surface area contributed by atoms with Crippen LogP contribution >= 0.6 is 11.3 Å². The summed E-state index contributed by atoms with van der Waals surface area (Å²) < 4.78 is 18.2. The van der Waals surface area contributed by atoms with Gasteiger partial charge in [-0.2, -0.15) is 0 Å². The topological polar surface area (TPSA) is 54.5 Å². The van der Waals surface area contributed by atoms with Gasteiger partial charge < -0.3 is 10.1 Å². The van der Waals surface area contributed by atoms with Gasteiger partial charge in [0.25, 0.3) is 5.91 Å². The minimum Gasteiger partial charge on any atom is -0.379 e. The molecule has 24 heavy (non-hydrogen) atoms. The molecule has 1 N–H and O–H groups in total. The fraction of sp³-hybridized carbons (Fsp3) is 0.412. The number of hydrogen-bond donors (Lipinski definition) is 1. The number of aryl methyl sites for hydroxylation is 1. The van der Waals surface area contributed by atoms with Gasteiger partial charge in [0.05, 0.1) is 25.5 Å². The molecule has 7 heteroatoms. The van der Waals surface area contributed by atoms with Gasteiger partial charge in [-0.05, 0) is 24.6 Å². The molecule has 1 amide bonds. The predicted molar refractivity (Wildman–Crippen MR) is 90.5 cm³/mol. The van der Waals surface area contributed by atoms with Gasteiger partial charge in [-0.1, -0.05) is 12.1 Å². The summed E-state index contributed by atoms with van der Waals surface area (Å²) in [6, 6.07) is 6.11. The highest BCUT2D eigenvalue weighted by molar-refractivity contribution is 7.13. The zero-order valence-electron chi connectivity index (χ0n) is 13.5. The number of hydrogen-bond acceptors (Lipinski definition) is 5. The third-order valence-corrected chi connectivity index (χ3v) is 5.02. The number of halogens is 1. The number of benzene rings is 1. The quantitative estimate of drug-likeness (QED) is 0.900. The molecule has 1 aliphatic rings. The van der Waals surface area contributed by atoms with Gasteiger partial charge in [0.1, 0.15) is 15.7 Å². The third-order valence-electron chi connectivity index (χ3n) is 3.88.